The Balaban J connectivity index is 2.16. The fourth-order valence-corrected chi connectivity index (χ4v) is 3.73. The van der Waals surface area contributed by atoms with E-state index in [1.165, 1.54) is 12.5 Å². The van der Waals surface area contributed by atoms with E-state index in [0.29, 0.717) is 21.8 Å². The molecule has 1 aliphatic heterocycles. The number of aryl methyl sites for hydroxylation is 1. The van der Waals surface area contributed by atoms with E-state index >= 15 is 0 Å². The maximum absolute atomic E-state index is 12.6. The van der Waals surface area contributed by atoms with Crippen molar-refractivity contribution < 1.29 is 22.1 Å². The van der Waals surface area contributed by atoms with Gasteiger partial charge in [0.25, 0.3) is 4.99 Å². The Labute approximate surface area is 150 Å². The molecule has 2 heterocycles. The van der Waals surface area contributed by atoms with Gasteiger partial charge in [0.05, 0.1) is 21.5 Å². The molecule has 1 unspecified atom stereocenters. The summed E-state index contributed by atoms with van der Waals surface area (Å²) < 4.78 is 55.2. The third-order valence-electron chi connectivity index (χ3n) is 3.96. The minimum Gasteiger partial charge on any atom is -0.483 e. The quantitative estimate of drug-likeness (QED) is 0.812. The van der Waals surface area contributed by atoms with Crippen LogP contribution in [0.3, 0.4) is 0 Å². The smallest absolute Gasteiger partial charge is 0.422 e. The van der Waals surface area contributed by atoms with Gasteiger partial charge in [-0.1, -0.05) is 12.1 Å². The van der Waals surface area contributed by atoms with E-state index in [1.54, 1.807) is 38.1 Å². The molecule has 0 saturated heterocycles. The summed E-state index contributed by atoms with van der Waals surface area (Å²) >= 11 is 0. The average molecular weight is 383 g/mol. The van der Waals surface area contributed by atoms with Crippen LogP contribution >= 0.6 is 0 Å². The van der Waals surface area contributed by atoms with Crippen LogP contribution in [0, 0.1) is 13.8 Å². The number of hydrogen-bond donors (Lipinski definition) is 0. The maximum atomic E-state index is 12.6. The summed E-state index contributed by atoms with van der Waals surface area (Å²) in [5.74, 6) is 0.0542. The van der Waals surface area contributed by atoms with Gasteiger partial charge in [-0.25, -0.2) is 9.98 Å². The molecular weight excluding hydrogens is 367 g/mol. The summed E-state index contributed by atoms with van der Waals surface area (Å²) in [6.07, 6.45) is -1.64. The number of rotatable bonds is 4. The Morgan fingerprint density at radius 3 is 2.23 bits per heavy atom. The van der Waals surface area contributed by atoms with Gasteiger partial charge in [-0.15, -0.1) is 0 Å². The Morgan fingerprint density at radius 1 is 1.15 bits per heavy atom. The van der Waals surface area contributed by atoms with Crippen LogP contribution in [-0.4, -0.2) is 28.2 Å². The maximum Gasteiger partial charge on any atom is 0.422 e. The summed E-state index contributed by atoms with van der Waals surface area (Å²) in [6.45, 7) is 1.75. The minimum atomic E-state index is -4.47. The number of para-hydroxylation sites is 2. The Hall–Kier alpha value is -2.29. The monoisotopic (exact) mass is 383 g/mol. The summed E-state index contributed by atoms with van der Waals surface area (Å²) in [4.78, 5) is 11.8. The van der Waals surface area contributed by atoms with Crippen LogP contribution < -0.4 is 15.5 Å². The predicted octanol–water partition coefficient (Wildman–Crippen LogP) is 2.08. The van der Waals surface area contributed by atoms with Crippen LogP contribution in [-0.2, 0) is 15.8 Å². The zero-order valence-corrected chi connectivity index (χ0v) is 15.1. The van der Waals surface area contributed by atoms with Gasteiger partial charge in [0.15, 0.2) is 6.61 Å². The van der Waals surface area contributed by atoms with Crippen LogP contribution in [0.25, 0.3) is 0 Å². The molecule has 0 N–H and O–H groups in total. The van der Waals surface area contributed by atoms with Crippen molar-refractivity contribution in [3.63, 3.8) is 0 Å². The van der Waals surface area contributed by atoms with Crippen molar-refractivity contribution >= 4 is 10.8 Å². The zero-order valence-electron chi connectivity index (χ0n) is 14.3. The number of pyridine rings is 1. The van der Waals surface area contributed by atoms with Crippen LogP contribution in [0.4, 0.5) is 13.2 Å². The molecule has 3 rings (SSSR count). The second-order valence-electron chi connectivity index (χ2n) is 5.92. The van der Waals surface area contributed by atoms with Gasteiger partial charge in [-0.2, -0.15) is 13.2 Å². The molecule has 26 heavy (non-hydrogen) atoms. The molecular formula is C17H16F3N3O2S. The highest BCUT2D eigenvalue weighted by molar-refractivity contribution is 7.85. The third-order valence-corrected chi connectivity index (χ3v) is 5.13. The molecule has 1 atom stereocenters. The number of halogens is 3. The largest absolute Gasteiger partial charge is 0.483 e. The highest BCUT2D eigenvalue weighted by Crippen LogP contribution is 2.37. The van der Waals surface area contributed by atoms with Gasteiger partial charge >= 0.3 is 6.18 Å². The van der Waals surface area contributed by atoms with E-state index < -0.39 is 28.6 Å². The van der Waals surface area contributed by atoms with E-state index in [9.17, 15) is 17.4 Å². The molecule has 5 nitrogen and oxygen atoms in total. The van der Waals surface area contributed by atoms with Crippen molar-refractivity contribution in [2.45, 2.75) is 25.0 Å². The summed E-state index contributed by atoms with van der Waals surface area (Å²) in [7, 11) is -1.60. The number of fused-ring (bicyclic) bond motifs is 1. The van der Waals surface area contributed by atoms with Crippen LogP contribution in [0.15, 0.2) is 40.4 Å². The molecule has 0 aliphatic carbocycles. The van der Waals surface area contributed by atoms with Crippen molar-refractivity contribution in [2.24, 2.45) is 9.98 Å². The lowest BCUT2D eigenvalue weighted by Crippen LogP contribution is -2.29. The molecule has 0 saturated carbocycles. The molecule has 138 valence electrons. The molecule has 1 aliphatic rings. The highest BCUT2D eigenvalue weighted by Gasteiger charge is 2.42. The number of ether oxygens (including phenoxy) is 1. The summed E-state index contributed by atoms with van der Waals surface area (Å²) in [5, 5.41) is 1.12. The highest BCUT2D eigenvalue weighted by atomic mass is 32.2. The standard InChI is InChI=1S/C17H16F3N3O2S/c1-10-8-21-15(11(2)14(10)25-9-16(18,19)20)17(26(3)24)22-12-6-4-5-7-13(12)23-17/h4-8H,9H2,1-3H3. The number of benzene rings is 1. The van der Waals surface area contributed by atoms with E-state index in [1.807, 2.05) is 0 Å². The number of aromatic nitrogens is 1. The molecule has 0 radical (unpaired) electrons. The first-order chi connectivity index (χ1) is 12.1. The van der Waals surface area contributed by atoms with E-state index in [4.69, 9.17) is 4.74 Å². The first-order valence-electron chi connectivity index (χ1n) is 7.68. The molecule has 0 bridgehead atoms. The van der Waals surface area contributed by atoms with Crippen LogP contribution in [0.1, 0.15) is 16.8 Å². The molecule has 0 amide bonds. The molecule has 0 spiro atoms. The van der Waals surface area contributed by atoms with Crippen molar-refractivity contribution in [2.75, 3.05) is 12.9 Å². The average Bonchev–Trinajstić information content (AvgIpc) is 2.94. The Morgan fingerprint density at radius 2 is 1.73 bits per heavy atom. The zero-order chi connectivity index (χ0) is 19.1. The SMILES string of the molecule is Cc1cnc(C2(S(C)=O)N=c3ccccc3=N2)c(C)c1OCC(F)(F)F. The lowest BCUT2D eigenvalue weighted by atomic mass is 10.1. The second kappa shape index (κ2) is 6.46. The van der Waals surface area contributed by atoms with Crippen molar-refractivity contribution in [3.05, 3.63) is 58.0 Å². The van der Waals surface area contributed by atoms with Gasteiger partial charge in [0.2, 0.25) is 0 Å². The van der Waals surface area contributed by atoms with Gasteiger partial charge in [-0.05, 0) is 26.0 Å². The van der Waals surface area contributed by atoms with Gasteiger partial charge in [-0.3, -0.25) is 9.19 Å². The molecule has 2 aromatic rings. The Bertz CT molecular complexity index is 970. The molecule has 9 heteroatoms. The van der Waals surface area contributed by atoms with Gasteiger partial charge in [0, 0.05) is 23.6 Å². The van der Waals surface area contributed by atoms with E-state index in [2.05, 4.69) is 15.0 Å². The predicted molar refractivity (Wildman–Crippen MR) is 89.8 cm³/mol. The van der Waals surface area contributed by atoms with Gasteiger partial charge in [0.1, 0.15) is 11.4 Å². The fraction of sp³-hybridized carbons (Fsp3) is 0.353. The first-order valence-corrected chi connectivity index (χ1v) is 9.24. The van der Waals surface area contributed by atoms with Gasteiger partial charge < -0.3 is 4.74 Å². The van der Waals surface area contributed by atoms with Crippen molar-refractivity contribution in [1.82, 2.24) is 4.98 Å². The van der Waals surface area contributed by atoms with Crippen LogP contribution in [0.5, 0.6) is 5.75 Å². The molecule has 1 aromatic carbocycles. The summed E-state index contributed by atoms with van der Waals surface area (Å²) in [5.41, 5.74) is 1.00. The molecule has 1 aromatic heterocycles. The lowest BCUT2D eigenvalue weighted by molar-refractivity contribution is -0.153. The normalized spacial score (nSPS) is 16.4. The first kappa shape index (κ1) is 18.5. The van der Waals surface area contributed by atoms with Crippen LogP contribution in [0.2, 0.25) is 0 Å². The van der Waals surface area contributed by atoms with E-state index in [0.717, 1.165) is 0 Å². The van der Waals surface area contributed by atoms with Crippen molar-refractivity contribution in [3.8, 4) is 5.75 Å². The van der Waals surface area contributed by atoms with E-state index in [-0.39, 0.29) is 11.4 Å². The number of hydrogen-bond acceptors (Lipinski definition) is 5. The number of nitrogens with zero attached hydrogens (tertiary/aromatic N) is 3. The topological polar surface area (TPSA) is 63.9 Å². The molecule has 0 fully saturated rings. The third kappa shape index (κ3) is 3.23. The Kier molecular flexibility index (Phi) is 4.60. The summed E-state index contributed by atoms with van der Waals surface area (Å²) in [6, 6.07) is 7.02. The fourth-order valence-electron chi connectivity index (χ4n) is 2.80. The number of alkyl halides is 3. The lowest BCUT2D eigenvalue weighted by Gasteiger charge is -2.24. The minimum absolute atomic E-state index is 0.0542. The second-order valence-corrected chi connectivity index (χ2v) is 7.40. The van der Waals surface area contributed by atoms with Crippen molar-refractivity contribution in [1.29, 1.82) is 0 Å².